The Balaban J connectivity index is 4.00. The summed E-state index contributed by atoms with van der Waals surface area (Å²) in [7, 11) is 3.53. The van der Waals surface area contributed by atoms with Crippen molar-refractivity contribution < 1.29 is 9.47 Å². The van der Waals surface area contributed by atoms with Gasteiger partial charge in [0.25, 0.3) is 0 Å². The van der Waals surface area contributed by atoms with Gasteiger partial charge in [0.1, 0.15) is 0 Å². The number of rotatable bonds is 10. The van der Waals surface area contributed by atoms with Gasteiger partial charge in [-0.1, -0.05) is 13.8 Å². The molecule has 0 saturated carbocycles. The third kappa shape index (κ3) is 7.74. The molecule has 0 spiro atoms. The molecule has 0 amide bonds. The first kappa shape index (κ1) is 16.9. The SMILES string of the molecule is CCC(C)(CCC(C)(C)OC)CNCCOC. The molecule has 0 fully saturated rings. The van der Waals surface area contributed by atoms with Crippen molar-refractivity contribution in [2.75, 3.05) is 33.9 Å². The van der Waals surface area contributed by atoms with Crippen LogP contribution in [0.5, 0.6) is 0 Å². The highest BCUT2D eigenvalue weighted by atomic mass is 16.5. The Hall–Kier alpha value is -0.120. The maximum Gasteiger partial charge on any atom is 0.0623 e. The largest absolute Gasteiger partial charge is 0.383 e. The average Bonchev–Trinajstić information content (AvgIpc) is 2.32. The maximum atomic E-state index is 5.48. The molecule has 1 atom stereocenters. The molecule has 0 aliphatic carbocycles. The Labute approximate surface area is 107 Å². The second kappa shape index (κ2) is 8.06. The van der Waals surface area contributed by atoms with Crippen LogP contribution in [0.1, 0.15) is 47.0 Å². The van der Waals surface area contributed by atoms with E-state index in [1.165, 1.54) is 12.8 Å². The fourth-order valence-corrected chi connectivity index (χ4v) is 1.66. The summed E-state index contributed by atoms with van der Waals surface area (Å²) in [6.45, 7) is 11.7. The van der Waals surface area contributed by atoms with Gasteiger partial charge >= 0.3 is 0 Å². The second-order valence-electron chi connectivity index (χ2n) is 5.80. The molecule has 17 heavy (non-hydrogen) atoms. The summed E-state index contributed by atoms with van der Waals surface area (Å²) >= 11 is 0. The zero-order chi connectivity index (χ0) is 13.4. The van der Waals surface area contributed by atoms with Gasteiger partial charge in [0.05, 0.1) is 12.2 Å². The van der Waals surface area contributed by atoms with Gasteiger partial charge in [0.2, 0.25) is 0 Å². The van der Waals surface area contributed by atoms with Gasteiger partial charge < -0.3 is 14.8 Å². The van der Waals surface area contributed by atoms with Crippen LogP contribution in [0.15, 0.2) is 0 Å². The lowest BCUT2D eigenvalue weighted by Gasteiger charge is -2.33. The summed E-state index contributed by atoms with van der Waals surface area (Å²) in [6.07, 6.45) is 3.47. The molecule has 0 saturated heterocycles. The van der Waals surface area contributed by atoms with Crippen LogP contribution in [-0.4, -0.2) is 39.5 Å². The van der Waals surface area contributed by atoms with Crippen LogP contribution in [0.4, 0.5) is 0 Å². The van der Waals surface area contributed by atoms with Gasteiger partial charge in [-0.05, 0) is 38.5 Å². The fraction of sp³-hybridized carbons (Fsp3) is 1.00. The molecular formula is C14H31NO2. The van der Waals surface area contributed by atoms with Gasteiger partial charge in [-0.3, -0.25) is 0 Å². The minimum Gasteiger partial charge on any atom is -0.383 e. The number of hydrogen-bond acceptors (Lipinski definition) is 3. The highest BCUT2D eigenvalue weighted by Crippen LogP contribution is 2.30. The Morgan fingerprint density at radius 2 is 1.71 bits per heavy atom. The van der Waals surface area contributed by atoms with E-state index >= 15 is 0 Å². The quantitative estimate of drug-likeness (QED) is 0.600. The van der Waals surface area contributed by atoms with Crippen molar-refractivity contribution in [3.05, 3.63) is 0 Å². The van der Waals surface area contributed by atoms with E-state index in [4.69, 9.17) is 9.47 Å². The smallest absolute Gasteiger partial charge is 0.0623 e. The zero-order valence-corrected chi connectivity index (χ0v) is 12.6. The highest BCUT2D eigenvalue weighted by molar-refractivity contribution is 4.80. The molecule has 0 aromatic carbocycles. The van der Waals surface area contributed by atoms with Crippen molar-refractivity contribution in [3.8, 4) is 0 Å². The van der Waals surface area contributed by atoms with Gasteiger partial charge in [-0.25, -0.2) is 0 Å². The lowest BCUT2D eigenvalue weighted by atomic mass is 9.80. The van der Waals surface area contributed by atoms with Crippen molar-refractivity contribution in [3.63, 3.8) is 0 Å². The van der Waals surface area contributed by atoms with Crippen molar-refractivity contribution in [2.24, 2.45) is 5.41 Å². The Morgan fingerprint density at radius 3 is 2.18 bits per heavy atom. The fourth-order valence-electron chi connectivity index (χ4n) is 1.66. The number of hydrogen-bond donors (Lipinski definition) is 1. The number of nitrogens with one attached hydrogen (secondary N) is 1. The zero-order valence-electron chi connectivity index (χ0n) is 12.6. The third-order valence-corrected chi connectivity index (χ3v) is 3.77. The van der Waals surface area contributed by atoms with E-state index in [0.29, 0.717) is 5.41 Å². The maximum absolute atomic E-state index is 5.48. The molecule has 0 rings (SSSR count). The molecule has 0 radical (unpaired) electrons. The van der Waals surface area contributed by atoms with Crippen LogP contribution in [0, 0.1) is 5.41 Å². The summed E-state index contributed by atoms with van der Waals surface area (Å²) in [4.78, 5) is 0. The molecule has 1 unspecified atom stereocenters. The number of ether oxygens (including phenoxy) is 2. The Morgan fingerprint density at radius 1 is 1.06 bits per heavy atom. The molecule has 3 nitrogen and oxygen atoms in total. The summed E-state index contributed by atoms with van der Waals surface area (Å²) in [5.41, 5.74) is 0.340. The Bertz CT molecular complexity index is 195. The summed E-state index contributed by atoms with van der Waals surface area (Å²) < 4.78 is 10.5. The second-order valence-corrected chi connectivity index (χ2v) is 5.80. The molecule has 0 heterocycles. The van der Waals surface area contributed by atoms with E-state index in [-0.39, 0.29) is 5.60 Å². The van der Waals surface area contributed by atoms with Crippen molar-refractivity contribution in [2.45, 2.75) is 52.6 Å². The summed E-state index contributed by atoms with van der Waals surface area (Å²) in [5, 5.41) is 3.47. The normalized spacial score (nSPS) is 15.9. The predicted molar refractivity (Wildman–Crippen MR) is 73.5 cm³/mol. The van der Waals surface area contributed by atoms with Crippen LogP contribution >= 0.6 is 0 Å². The molecule has 0 aliphatic heterocycles. The summed E-state index contributed by atoms with van der Waals surface area (Å²) in [6, 6.07) is 0. The van der Waals surface area contributed by atoms with E-state index in [1.54, 1.807) is 14.2 Å². The van der Waals surface area contributed by atoms with Crippen molar-refractivity contribution in [1.82, 2.24) is 5.32 Å². The Kier molecular flexibility index (Phi) is 8.01. The molecule has 1 N–H and O–H groups in total. The van der Waals surface area contributed by atoms with Crippen molar-refractivity contribution >= 4 is 0 Å². The van der Waals surface area contributed by atoms with Crippen LogP contribution < -0.4 is 5.32 Å². The first-order valence-electron chi connectivity index (χ1n) is 6.64. The first-order chi connectivity index (χ1) is 7.89. The molecule has 0 aromatic rings. The van der Waals surface area contributed by atoms with Gasteiger partial charge in [-0.15, -0.1) is 0 Å². The number of methoxy groups -OCH3 is 2. The molecular weight excluding hydrogens is 214 g/mol. The van der Waals surface area contributed by atoms with Gasteiger partial charge in [0.15, 0.2) is 0 Å². The highest BCUT2D eigenvalue weighted by Gasteiger charge is 2.26. The van der Waals surface area contributed by atoms with Crippen LogP contribution in [-0.2, 0) is 9.47 Å². The van der Waals surface area contributed by atoms with E-state index < -0.39 is 0 Å². The van der Waals surface area contributed by atoms with E-state index in [1.807, 2.05) is 0 Å². The van der Waals surface area contributed by atoms with E-state index in [0.717, 1.165) is 26.1 Å². The molecule has 0 bridgehead atoms. The lowest BCUT2D eigenvalue weighted by molar-refractivity contribution is 0.00423. The van der Waals surface area contributed by atoms with Crippen LogP contribution in [0.2, 0.25) is 0 Å². The average molecular weight is 245 g/mol. The minimum atomic E-state index is -0.0110. The third-order valence-electron chi connectivity index (χ3n) is 3.77. The topological polar surface area (TPSA) is 30.5 Å². The lowest BCUT2D eigenvalue weighted by Crippen LogP contribution is -2.35. The summed E-state index contributed by atoms with van der Waals surface area (Å²) in [5.74, 6) is 0. The molecule has 3 heteroatoms. The van der Waals surface area contributed by atoms with Crippen LogP contribution in [0.3, 0.4) is 0 Å². The standard InChI is InChI=1S/C14H31NO2/c1-7-14(4,12-15-10-11-16-5)9-8-13(2,3)17-6/h15H,7-12H2,1-6H3. The predicted octanol–water partition coefficient (Wildman–Crippen LogP) is 2.84. The van der Waals surface area contributed by atoms with Gasteiger partial charge in [-0.2, -0.15) is 0 Å². The molecule has 0 aromatic heterocycles. The molecule has 104 valence electrons. The van der Waals surface area contributed by atoms with Gasteiger partial charge in [0, 0.05) is 27.3 Å². The van der Waals surface area contributed by atoms with E-state index in [9.17, 15) is 0 Å². The van der Waals surface area contributed by atoms with E-state index in [2.05, 4.69) is 33.0 Å². The van der Waals surface area contributed by atoms with Crippen molar-refractivity contribution in [1.29, 1.82) is 0 Å². The monoisotopic (exact) mass is 245 g/mol. The first-order valence-corrected chi connectivity index (χ1v) is 6.64. The minimum absolute atomic E-state index is 0.0110. The molecule has 0 aliphatic rings. The van der Waals surface area contributed by atoms with Crippen LogP contribution in [0.25, 0.3) is 0 Å².